The number of likely N-dealkylation sites (tertiary alicyclic amines) is 1. The molecule has 0 unspecified atom stereocenters. The first-order chi connectivity index (χ1) is 10.6. The van der Waals surface area contributed by atoms with E-state index < -0.39 is 0 Å². The lowest BCUT2D eigenvalue weighted by molar-refractivity contribution is -0.123. The van der Waals surface area contributed by atoms with Crippen LogP contribution in [0.4, 0.5) is 5.69 Å². The molecule has 0 radical (unpaired) electrons. The summed E-state index contributed by atoms with van der Waals surface area (Å²) in [5.74, 6) is 1.42. The Morgan fingerprint density at radius 1 is 1.50 bits per heavy atom. The van der Waals surface area contributed by atoms with Gasteiger partial charge in [0.05, 0.1) is 11.7 Å². The number of thiophene rings is 1. The van der Waals surface area contributed by atoms with Gasteiger partial charge in [0, 0.05) is 10.8 Å². The van der Waals surface area contributed by atoms with Crippen LogP contribution in [0.5, 0.6) is 0 Å². The Bertz CT molecular complexity index is 483. The van der Waals surface area contributed by atoms with Crippen molar-refractivity contribution in [2.75, 3.05) is 24.3 Å². The van der Waals surface area contributed by atoms with Crippen molar-refractivity contribution in [3.8, 4) is 0 Å². The lowest BCUT2D eigenvalue weighted by Gasteiger charge is -2.38. The zero-order valence-corrected chi connectivity index (χ0v) is 15.4. The lowest BCUT2D eigenvalue weighted by Crippen LogP contribution is -2.49. The van der Waals surface area contributed by atoms with Crippen molar-refractivity contribution >= 4 is 34.5 Å². The zero-order chi connectivity index (χ0) is 16.1. The predicted octanol–water partition coefficient (Wildman–Crippen LogP) is 4.42. The van der Waals surface area contributed by atoms with Crippen molar-refractivity contribution in [2.24, 2.45) is 5.92 Å². The third-order valence-electron chi connectivity index (χ3n) is 4.56. The number of piperidine rings is 1. The van der Waals surface area contributed by atoms with Crippen LogP contribution in [0, 0.1) is 19.8 Å². The molecule has 1 aromatic heterocycles. The first-order valence-corrected chi connectivity index (χ1v) is 9.63. The number of nitrogens with one attached hydrogen (secondary N) is 1. The first-order valence-electron chi connectivity index (χ1n) is 8.22. The Morgan fingerprint density at radius 2 is 2.27 bits per heavy atom. The summed E-state index contributed by atoms with van der Waals surface area (Å²) < 4.78 is 0. The van der Waals surface area contributed by atoms with Gasteiger partial charge in [0.1, 0.15) is 0 Å². The minimum atomic E-state index is -0.0133. The topological polar surface area (TPSA) is 32.3 Å². The molecule has 1 fully saturated rings. The Labute approximate surface area is 143 Å². The smallest absolute Gasteiger partial charge is 0.241 e. The van der Waals surface area contributed by atoms with E-state index in [9.17, 15) is 4.79 Å². The molecule has 1 aliphatic rings. The van der Waals surface area contributed by atoms with Crippen molar-refractivity contribution in [1.82, 2.24) is 4.90 Å². The molecule has 2 rings (SSSR count). The Hall–Kier alpha value is -0.580. The second-order valence-corrected chi connectivity index (χ2v) is 7.72. The molecule has 124 valence electrons. The van der Waals surface area contributed by atoms with Crippen molar-refractivity contribution < 1.29 is 4.79 Å². The molecule has 1 aliphatic heterocycles. The van der Waals surface area contributed by atoms with Crippen LogP contribution in [-0.4, -0.2) is 35.8 Å². The van der Waals surface area contributed by atoms with E-state index in [1.807, 2.05) is 0 Å². The highest BCUT2D eigenvalue weighted by Crippen LogP contribution is 2.30. The summed E-state index contributed by atoms with van der Waals surface area (Å²) in [6.07, 6.45) is 4.19. The highest BCUT2D eigenvalue weighted by atomic mass is 35.5. The van der Waals surface area contributed by atoms with Gasteiger partial charge in [-0.3, -0.25) is 9.69 Å². The zero-order valence-electron chi connectivity index (χ0n) is 13.8. The molecular formula is C17H27ClN2OS. The summed E-state index contributed by atoms with van der Waals surface area (Å²) in [5, 5.41) is 5.28. The SMILES string of the molecule is CCCN1CC[C@H](CCCl)C[C@H]1C(=O)Nc1c(C)csc1C. The standard InChI is InChI=1S/C17H27ClN2OS/c1-4-8-20-9-6-14(5-7-18)10-15(20)17(21)19-16-12(2)11-22-13(16)3/h11,14-15H,4-10H2,1-3H3,(H,19,21)/t14-,15-/m0/s1. The van der Waals surface area contributed by atoms with Gasteiger partial charge in [0.15, 0.2) is 0 Å². The molecule has 0 aliphatic carbocycles. The van der Waals surface area contributed by atoms with E-state index in [0.717, 1.165) is 50.0 Å². The van der Waals surface area contributed by atoms with Gasteiger partial charge in [-0.15, -0.1) is 22.9 Å². The molecule has 3 nitrogen and oxygen atoms in total. The summed E-state index contributed by atoms with van der Waals surface area (Å²) in [7, 11) is 0. The van der Waals surface area contributed by atoms with E-state index >= 15 is 0 Å². The summed E-state index contributed by atoms with van der Waals surface area (Å²) in [6, 6.07) is -0.0133. The van der Waals surface area contributed by atoms with Crippen molar-refractivity contribution in [3.63, 3.8) is 0 Å². The van der Waals surface area contributed by atoms with Gasteiger partial charge in [0.25, 0.3) is 0 Å². The van der Waals surface area contributed by atoms with E-state index in [1.165, 1.54) is 4.88 Å². The van der Waals surface area contributed by atoms with Gasteiger partial charge >= 0.3 is 0 Å². The van der Waals surface area contributed by atoms with E-state index in [0.29, 0.717) is 11.8 Å². The second kappa shape index (κ2) is 8.32. The Morgan fingerprint density at radius 3 is 2.86 bits per heavy atom. The van der Waals surface area contributed by atoms with Gasteiger partial charge in [-0.1, -0.05) is 6.92 Å². The molecule has 0 spiro atoms. The van der Waals surface area contributed by atoms with Crippen molar-refractivity contribution in [3.05, 3.63) is 15.8 Å². The van der Waals surface area contributed by atoms with E-state index in [1.54, 1.807) is 11.3 Å². The maximum Gasteiger partial charge on any atom is 0.241 e. The number of anilines is 1. The summed E-state index contributed by atoms with van der Waals surface area (Å²) in [6.45, 7) is 8.30. The molecule has 5 heteroatoms. The number of amides is 1. The quantitative estimate of drug-likeness (QED) is 0.776. The number of rotatable bonds is 6. The fraction of sp³-hybridized carbons (Fsp3) is 0.706. The molecule has 1 N–H and O–H groups in total. The molecule has 0 aromatic carbocycles. The number of alkyl halides is 1. The fourth-order valence-corrected chi connectivity index (χ4v) is 4.41. The number of carbonyl (C=O) groups is 1. The van der Waals surface area contributed by atoms with Gasteiger partial charge in [-0.25, -0.2) is 0 Å². The van der Waals surface area contributed by atoms with Crippen LogP contribution in [-0.2, 0) is 4.79 Å². The van der Waals surface area contributed by atoms with Crippen LogP contribution in [0.25, 0.3) is 0 Å². The number of hydrogen-bond acceptors (Lipinski definition) is 3. The molecule has 22 heavy (non-hydrogen) atoms. The third kappa shape index (κ3) is 4.24. The summed E-state index contributed by atoms with van der Waals surface area (Å²) in [5.41, 5.74) is 2.16. The van der Waals surface area contributed by atoms with E-state index in [-0.39, 0.29) is 11.9 Å². The third-order valence-corrected chi connectivity index (χ3v) is 5.81. The van der Waals surface area contributed by atoms with Crippen molar-refractivity contribution in [1.29, 1.82) is 0 Å². The number of nitrogens with zero attached hydrogens (tertiary/aromatic N) is 1. The minimum absolute atomic E-state index is 0.0133. The van der Waals surface area contributed by atoms with Crippen LogP contribution in [0.1, 0.15) is 43.0 Å². The molecule has 2 heterocycles. The number of hydrogen-bond donors (Lipinski definition) is 1. The maximum atomic E-state index is 12.8. The highest BCUT2D eigenvalue weighted by Gasteiger charge is 2.33. The summed E-state index contributed by atoms with van der Waals surface area (Å²) >= 11 is 7.60. The lowest BCUT2D eigenvalue weighted by atomic mass is 9.88. The normalized spacial score (nSPS) is 22.7. The number of carbonyl (C=O) groups excluding carboxylic acids is 1. The Kier molecular flexibility index (Phi) is 6.72. The molecule has 1 saturated heterocycles. The number of halogens is 1. The van der Waals surface area contributed by atoms with E-state index in [4.69, 9.17) is 11.6 Å². The van der Waals surface area contributed by atoms with E-state index in [2.05, 4.69) is 36.4 Å². The highest BCUT2D eigenvalue weighted by molar-refractivity contribution is 7.10. The minimum Gasteiger partial charge on any atom is -0.323 e. The molecule has 0 saturated carbocycles. The van der Waals surface area contributed by atoms with Gasteiger partial charge < -0.3 is 5.32 Å². The van der Waals surface area contributed by atoms with Crippen LogP contribution in [0.15, 0.2) is 5.38 Å². The van der Waals surface area contributed by atoms with Gasteiger partial charge in [-0.2, -0.15) is 0 Å². The van der Waals surface area contributed by atoms with Gasteiger partial charge in [0.2, 0.25) is 5.91 Å². The monoisotopic (exact) mass is 342 g/mol. The molecule has 0 bridgehead atoms. The number of aryl methyl sites for hydroxylation is 2. The Balaban J connectivity index is 2.08. The fourth-order valence-electron chi connectivity index (χ4n) is 3.30. The molecule has 2 atom stereocenters. The first kappa shape index (κ1) is 17.8. The van der Waals surface area contributed by atoms with Crippen LogP contribution >= 0.6 is 22.9 Å². The van der Waals surface area contributed by atoms with Crippen LogP contribution in [0.3, 0.4) is 0 Å². The van der Waals surface area contributed by atoms with Crippen LogP contribution < -0.4 is 5.32 Å². The maximum absolute atomic E-state index is 12.8. The predicted molar refractivity (Wildman–Crippen MR) is 96.1 cm³/mol. The van der Waals surface area contributed by atoms with Crippen molar-refractivity contribution in [2.45, 2.75) is 52.5 Å². The average molecular weight is 343 g/mol. The van der Waals surface area contributed by atoms with Gasteiger partial charge in [-0.05, 0) is 69.5 Å². The summed E-state index contributed by atoms with van der Waals surface area (Å²) in [4.78, 5) is 16.3. The largest absolute Gasteiger partial charge is 0.323 e. The molecule has 1 aromatic rings. The molecular weight excluding hydrogens is 316 g/mol. The molecule has 1 amide bonds. The second-order valence-electron chi connectivity index (χ2n) is 6.26. The van der Waals surface area contributed by atoms with Crippen LogP contribution in [0.2, 0.25) is 0 Å². The average Bonchev–Trinajstić information content (AvgIpc) is 2.81.